The van der Waals surface area contributed by atoms with Crippen LogP contribution in [0.4, 0.5) is 0 Å². The van der Waals surface area contributed by atoms with E-state index in [-0.39, 0.29) is 0 Å². The van der Waals surface area contributed by atoms with Crippen molar-refractivity contribution >= 4 is 17.3 Å². The van der Waals surface area contributed by atoms with Gasteiger partial charge in [-0.2, -0.15) is 0 Å². The second-order valence-corrected chi connectivity index (χ2v) is 4.48. The highest BCUT2D eigenvalue weighted by Crippen LogP contribution is 2.11. The molecule has 0 aliphatic carbocycles. The maximum atomic E-state index is 5.80. The van der Waals surface area contributed by atoms with Crippen LogP contribution >= 0.6 is 11.6 Å². The van der Waals surface area contributed by atoms with Crippen LogP contribution in [-0.2, 0) is 11.4 Å². The summed E-state index contributed by atoms with van der Waals surface area (Å²) >= 11 is 5.80. The van der Waals surface area contributed by atoms with E-state index >= 15 is 0 Å². The summed E-state index contributed by atoms with van der Waals surface area (Å²) in [6, 6.07) is 7.53. The molecule has 0 saturated carbocycles. The molecule has 92 valence electrons. The first kappa shape index (κ1) is 12.4. The van der Waals surface area contributed by atoms with E-state index in [1.165, 1.54) is 0 Å². The third kappa shape index (κ3) is 3.43. The highest BCUT2D eigenvalue weighted by atomic mass is 35.5. The molecule has 0 spiro atoms. The van der Waals surface area contributed by atoms with Crippen LogP contribution in [0, 0.1) is 5.92 Å². The van der Waals surface area contributed by atoms with E-state index in [0.717, 1.165) is 29.4 Å². The smallest absolute Gasteiger partial charge is 0.142 e. The molecular formula is C12H16ClN3O. The summed E-state index contributed by atoms with van der Waals surface area (Å²) in [4.78, 5) is 5.32. The molecule has 0 bridgehead atoms. The number of oxime groups is 1. The van der Waals surface area contributed by atoms with Crippen LogP contribution < -0.4 is 11.1 Å². The first-order chi connectivity index (χ1) is 8.29. The van der Waals surface area contributed by atoms with Gasteiger partial charge in [0.1, 0.15) is 6.61 Å². The maximum Gasteiger partial charge on any atom is 0.142 e. The van der Waals surface area contributed by atoms with Crippen molar-refractivity contribution in [2.24, 2.45) is 16.8 Å². The standard InChI is InChI=1S/C12H16ClN3O/c13-11-3-1-9(2-4-11)8-17-16-12-7-15-6-10(12)5-14/h1-4,10,15H,5-8,14H2. The minimum atomic E-state index is 0.306. The van der Waals surface area contributed by atoms with Crippen LogP contribution in [0.15, 0.2) is 29.4 Å². The maximum absolute atomic E-state index is 5.80. The van der Waals surface area contributed by atoms with Crippen molar-refractivity contribution in [3.63, 3.8) is 0 Å². The van der Waals surface area contributed by atoms with Crippen LogP contribution in [-0.4, -0.2) is 25.3 Å². The predicted octanol–water partition coefficient (Wildman–Crippen LogP) is 1.39. The molecule has 1 unspecified atom stereocenters. The molecule has 0 aromatic heterocycles. The molecular weight excluding hydrogens is 238 g/mol. The summed E-state index contributed by atoms with van der Waals surface area (Å²) in [5.74, 6) is 0.306. The van der Waals surface area contributed by atoms with Gasteiger partial charge in [0.2, 0.25) is 0 Å². The Morgan fingerprint density at radius 2 is 2.18 bits per heavy atom. The Morgan fingerprint density at radius 1 is 1.41 bits per heavy atom. The number of nitrogens with one attached hydrogen (secondary N) is 1. The van der Waals surface area contributed by atoms with Crippen molar-refractivity contribution in [3.05, 3.63) is 34.9 Å². The number of nitrogens with two attached hydrogens (primary N) is 1. The molecule has 1 atom stereocenters. The number of benzene rings is 1. The van der Waals surface area contributed by atoms with Crippen LogP contribution in [0.1, 0.15) is 5.56 Å². The highest BCUT2D eigenvalue weighted by Gasteiger charge is 2.21. The van der Waals surface area contributed by atoms with Gasteiger partial charge >= 0.3 is 0 Å². The van der Waals surface area contributed by atoms with E-state index in [1.807, 2.05) is 24.3 Å². The first-order valence-corrected chi connectivity index (χ1v) is 6.01. The fourth-order valence-corrected chi connectivity index (χ4v) is 1.86. The summed E-state index contributed by atoms with van der Waals surface area (Å²) in [5.41, 5.74) is 7.68. The summed E-state index contributed by atoms with van der Waals surface area (Å²) in [6.07, 6.45) is 0. The minimum absolute atomic E-state index is 0.306. The molecule has 0 amide bonds. The summed E-state index contributed by atoms with van der Waals surface area (Å²) in [6.45, 7) is 2.72. The lowest BCUT2D eigenvalue weighted by Gasteiger charge is -2.06. The van der Waals surface area contributed by atoms with Crippen LogP contribution in [0.3, 0.4) is 0 Å². The SMILES string of the molecule is NCC1CNCC1=NOCc1ccc(Cl)cc1. The van der Waals surface area contributed by atoms with E-state index in [0.29, 0.717) is 19.1 Å². The summed E-state index contributed by atoms with van der Waals surface area (Å²) in [5, 5.41) is 8.08. The Morgan fingerprint density at radius 3 is 2.88 bits per heavy atom. The Hall–Kier alpha value is -1.10. The number of rotatable bonds is 4. The van der Waals surface area contributed by atoms with E-state index in [1.54, 1.807) is 0 Å². The van der Waals surface area contributed by atoms with Gasteiger partial charge in [-0.05, 0) is 17.7 Å². The molecule has 3 N–H and O–H groups in total. The lowest BCUT2D eigenvalue weighted by atomic mass is 10.1. The molecule has 1 saturated heterocycles. The normalized spacial score (nSPS) is 22.0. The molecule has 1 aliphatic heterocycles. The van der Waals surface area contributed by atoms with Crippen molar-refractivity contribution in [1.29, 1.82) is 0 Å². The molecule has 1 aromatic rings. The quantitative estimate of drug-likeness (QED) is 0.798. The van der Waals surface area contributed by atoms with Crippen molar-refractivity contribution in [3.8, 4) is 0 Å². The van der Waals surface area contributed by atoms with Gasteiger partial charge in [0, 0.05) is 30.6 Å². The average Bonchev–Trinajstić information content (AvgIpc) is 2.79. The monoisotopic (exact) mass is 253 g/mol. The Balaban J connectivity index is 1.86. The second kappa shape index (κ2) is 6.00. The lowest BCUT2D eigenvalue weighted by molar-refractivity contribution is 0.129. The Bertz CT molecular complexity index is 391. The molecule has 2 rings (SSSR count). The van der Waals surface area contributed by atoms with Crippen molar-refractivity contribution in [2.75, 3.05) is 19.6 Å². The van der Waals surface area contributed by atoms with E-state index in [4.69, 9.17) is 22.2 Å². The van der Waals surface area contributed by atoms with Crippen molar-refractivity contribution in [1.82, 2.24) is 5.32 Å². The number of nitrogens with zero attached hydrogens (tertiary/aromatic N) is 1. The van der Waals surface area contributed by atoms with Gasteiger partial charge in [-0.15, -0.1) is 0 Å². The third-order valence-corrected chi connectivity index (χ3v) is 3.03. The summed E-state index contributed by atoms with van der Waals surface area (Å²) in [7, 11) is 0. The van der Waals surface area contributed by atoms with Gasteiger partial charge < -0.3 is 15.9 Å². The lowest BCUT2D eigenvalue weighted by Crippen LogP contribution is -2.22. The largest absolute Gasteiger partial charge is 0.391 e. The zero-order chi connectivity index (χ0) is 12.1. The molecule has 4 nitrogen and oxygen atoms in total. The second-order valence-electron chi connectivity index (χ2n) is 4.05. The number of hydrogen-bond donors (Lipinski definition) is 2. The predicted molar refractivity (Wildman–Crippen MR) is 69.1 cm³/mol. The zero-order valence-corrected chi connectivity index (χ0v) is 10.3. The molecule has 5 heteroatoms. The number of halogens is 1. The number of hydrogen-bond acceptors (Lipinski definition) is 4. The van der Waals surface area contributed by atoms with Gasteiger partial charge in [0.25, 0.3) is 0 Å². The zero-order valence-electron chi connectivity index (χ0n) is 9.53. The Labute approximate surface area is 106 Å². The van der Waals surface area contributed by atoms with Crippen molar-refractivity contribution in [2.45, 2.75) is 6.61 Å². The van der Waals surface area contributed by atoms with Crippen LogP contribution in [0.5, 0.6) is 0 Å². The first-order valence-electron chi connectivity index (χ1n) is 5.63. The highest BCUT2D eigenvalue weighted by molar-refractivity contribution is 6.30. The van der Waals surface area contributed by atoms with E-state index in [2.05, 4.69) is 10.5 Å². The van der Waals surface area contributed by atoms with E-state index < -0.39 is 0 Å². The molecule has 1 fully saturated rings. The fraction of sp³-hybridized carbons (Fsp3) is 0.417. The summed E-state index contributed by atoms with van der Waals surface area (Å²) < 4.78 is 0. The van der Waals surface area contributed by atoms with Crippen molar-refractivity contribution < 1.29 is 4.84 Å². The van der Waals surface area contributed by atoms with E-state index in [9.17, 15) is 0 Å². The molecule has 1 aromatic carbocycles. The Kier molecular flexibility index (Phi) is 4.36. The molecule has 0 radical (unpaired) electrons. The molecule has 1 aliphatic rings. The van der Waals surface area contributed by atoms with Gasteiger partial charge in [-0.25, -0.2) is 0 Å². The van der Waals surface area contributed by atoms with Gasteiger partial charge in [-0.1, -0.05) is 28.9 Å². The van der Waals surface area contributed by atoms with Crippen LogP contribution in [0.25, 0.3) is 0 Å². The fourth-order valence-electron chi connectivity index (χ4n) is 1.73. The van der Waals surface area contributed by atoms with Gasteiger partial charge in [0.15, 0.2) is 0 Å². The van der Waals surface area contributed by atoms with Crippen LogP contribution in [0.2, 0.25) is 5.02 Å². The molecule has 17 heavy (non-hydrogen) atoms. The average molecular weight is 254 g/mol. The van der Waals surface area contributed by atoms with Gasteiger partial charge in [-0.3, -0.25) is 0 Å². The van der Waals surface area contributed by atoms with Gasteiger partial charge in [0.05, 0.1) is 5.71 Å². The topological polar surface area (TPSA) is 59.6 Å². The third-order valence-electron chi connectivity index (χ3n) is 2.78. The molecule has 1 heterocycles. The minimum Gasteiger partial charge on any atom is -0.391 e.